The summed E-state index contributed by atoms with van der Waals surface area (Å²) in [7, 11) is 0. The van der Waals surface area contributed by atoms with Crippen molar-refractivity contribution in [1.82, 2.24) is 9.55 Å². The number of benzene rings is 1. The van der Waals surface area contributed by atoms with E-state index in [1.165, 1.54) is 0 Å². The second-order valence-electron chi connectivity index (χ2n) is 5.13. The third-order valence-corrected chi connectivity index (χ3v) is 3.69. The number of hydrogen-bond donors (Lipinski definition) is 1. The van der Waals surface area contributed by atoms with Crippen molar-refractivity contribution < 1.29 is 14.3 Å². The highest BCUT2D eigenvalue weighted by Crippen LogP contribution is 2.22. The van der Waals surface area contributed by atoms with Crippen molar-refractivity contribution in [3.8, 4) is 0 Å². The van der Waals surface area contributed by atoms with E-state index in [2.05, 4.69) is 11.9 Å². The second-order valence-corrected chi connectivity index (χ2v) is 5.13. The molecule has 0 aliphatic carbocycles. The standard InChI is InChI=1S/C16H16N2O3/c1-11(4-6-13-3-2-8-21-13)18-10-17-14-7-5-12(16(19)20)9-15(14)18/h2-3,5,7-11H,4,6H2,1H3,(H,19,20). The predicted molar refractivity (Wildman–Crippen MR) is 78.4 cm³/mol. The molecule has 0 aliphatic heterocycles. The van der Waals surface area contributed by atoms with Gasteiger partial charge in [-0.15, -0.1) is 0 Å². The van der Waals surface area contributed by atoms with Crippen LogP contribution in [0.2, 0.25) is 0 Å². The minimum atomic E-state index is -0.923. The molecule has 2 heterocycles. The Morgan fingerprint density at radius 2 is 2.29 bits per heavy atom. The van der Waals surface area contributed by atoms with E-state index in [0.717, 1.165) is 29.6 Å². The maximum Gasteiger partial charge on any atom is 0.335 e. The summed E-state index contributed by atoms with van der Waals surface area (Å²) in [5.74, 6) is 0.0328. The zero-order chi connectivity index (χ0) is 14.8. The summed E-state index contributed by atoms with van der Waals surface area (Å²) in [4.78, 5) is 15.4. The monoisotopic (exact) mass is 284 g/mol. The lowest BCUT2D eigenvalue weighted by molar-refractivity contribution is 0.0697. The first-order chi connectivity index (χ1) is 10.1. The second kappa shape index (κ2) is 5.44. The highest BCUT2D eigenvalue weighted by Gasteiger charge is 2.12. The van der Waals surface area contributed by atoms with Crippen LogP contribution in [-0.4, -0.2) is 20.6 Å². The molecule has 0 saturated carbocycles. The van der Waals surface area contributed by atoms with Crippen molar-refractivity contribution in [1.29, 1.82) is 0 Å². The summed E-state index contributed by atoms with van der Waals surface area (Å²) < 4.78 is 7.36. The molecule has 21 heavy (non-hydrogen) atoms. The lowest BCUT2D eigenvalue weighted by Crippen LogP contribution is -2.05. The Kier molecular flexibility index (Phi) is 3.48. The molecule has 1 N–H and O–H groups in total. The summed E-state index contributed by atoms with van der Waals surface area (Å²) in [6.45, 7) is 2.09. The quantitative estimate of drug-likeness (QED) is 0.778. The van der Waals surface area contributed by atoms with Crippen LogP contribution in [0.3, 0.4) is 0 Å². The fraction of sp³-hybridized carbons (Fsp3) is 0.250. The van der Waals surface area contributed by atoms with E-state index < -0.39 is 5.97 Å². The van der Waals surface area contributed by atoms with Gasteiger partial charge in [0.2, 0.25) is 0 Å². The molecule has 1 atom stereocenters. The number of aromatic nitrogens is 2. The summed E-state index contributed by atoms with van der Waals surface area (Å²) in [5.41, 5.74) is 1.94. The van der Waals surface area contributed by atoms with Gasteiger partial charge in [-0.2, -0.15) is 0 Å². The molecule has 5 heteroatoms. The minimum absolute atomic E-state index is 0.212. The van der Waals surface area contributed by atoms with Crippen LogP contribution in [0.5, 0.6) is 0 Å². The maximum absolute atomic E-state index is 11.1. The van der Waals surface area contributed by atoms with Crippen molar-refractivity contribution in [3.63, 3.8) is 0 Å². The van der Waals surface area contributed by atoms with Gasteiger partial charge in [-0.3, -0.25) is 0 Å². The van der Waals surface area contributed by atoms with Gasteiger partial charge >= 0.3 is 5.97 Å². The van der Waals surface area contributed by atoms with E-state index in [-0.39, 0.29) is 11.6 Å². The number of aromatic carboxylic acids is 1. The highest BCUT2D eigenvalue weighted by molar-refractivity contribution is 5.92. The maximum atomic E-state index is 11.1. The fourth-order valence-corrected chi connectivity index (χ4v) is 2.46. The van der Waals surface area contributed by atoms with Crippen LogP contribution >= 0.6 is 0 Å². The van der Waals surface area contributed by atoms with E-state index in [0.29, 0.717) is 0 Å². The first kappa shape index (κ1) is 13.4. The smallest absolute Gasteiger partial charge is 0.335 e. The van der Waals surface area contributed by atoms with Gasteiger partial charge in [0.05, 0.1) is 29.2 Å². The molecule has 1 aromatic carbocycles. The number of carboxylic acid groups (broad SMARTS) is 1. The van der Waals surface area contributed by atoms with Gasteiger partial charge in [-0.1, -0.05) is 0 Å². The molecule has 2 aromatic heterocycles. The lowest BCUT2D eigenvalue weighted by Gasteiger charge is -2.13. The molecular formula is C16H16N2O3. The molecule has 0 amide bonds. The number of carboxylic acids is 1. The van der Waals surface area contributed by atoms with Gasteiger partial charge in [-0.05, 0) is 43.7 Å². The third kappa shape index (κ3) is 2.67. The molecule has 0 fully saturated rings. The third-order valence-electron chi connectivity index (χ3n) is 3.69. The number of rotatable bonds is 5. The Hall–Kier alpha value is -2.56. The summed E-state index contributed by atoms with van der Waals surface area (Å²) in [5, 5.41) is 9.10. The van der Waals surface area contributed by atoms with Crippen LogP contribution in [0.15, 0.2) is 47.3 Å². The number of aryl methyl sites for hydroxylation is 1. The summed E-state index contributed by atoms with van der Waals surface area (Å²) in [6, 6.07) is 9.05. The normalized spacial score (nSPS) is 12.6. The Morgan fingerprint density at radius 3 is 3.00 bits per heavy atom. The number of imidazole rings is 1. The zero-order valence-corrected chi connectivity index (χ0v) is 11.7. The number of fused-ring (bicyclic) bond motifs is 1. The van der Waals surface area contributed by atoms with E-state index >= 15 is 0 Å². The first-order valence-electron chi connectivity index (χ1n) is 6.87. The van der Waals surface area contributed by atoms with Crippen molar-refractivity contribution in [3.05, 3.63) is 54.2 Å². The van der Waals surface area contributed by atoms with E-state index in [1.54, 1.807) is 30.8 Å². The number of furan rings is 1. The molecule has 108 valence electrons. The summed E-state index contributed by atoms with van der Waals surface area (Å²) >= 11 is 0. The molecule has 3 rings (SSSR count). The molecule has 0 bridgehead atoms. The first-order valence-corrected chi connectivity index (χ1v) is 6.87. The highest BCUT2D eigenvalue weighted by atomic mass is 16.4. The van der Waals surface area contributed by atoms with Crippen LogP contribution in [-0.2, 0) is 6.42 Å². The molecular weight excluding hydrogens is 268 g/mol. The van der Waals surface area contributed by atoms with Crippen molar-refractivity contribution in [2.45, 2.75) is 25.8 Å². The van der Waals surface area contributed by atoms with Gasteiger partial charge in [0.25, 0.3) is 0 Å². The van der Waals surface area contributed by atoms with Gasteiger partial charge < -0.3 is 14.1 Å². The Morgan fingerprint density at radius 1 is 1.43 bits per heavy atom. The largest absolute Gasteiger partial charge is 0.478 e. The SMILES string of the molecule is CC(CCc1ccco1)n1cnc2ccc(C(=O)O)cc21. The van der Waals surface area contributed by atoms with Gasteiger partial charge in [0.1, 0.15) is 5.76 Å². The molecule has 3 aromatic rings. The van der Waals surface area contributed by atoms with Crippen molar-refractivity contribution in [2.24, 2.45) is 0 Å². The Labute approximate surface area is 121 Å². The van der Waals surface area contributed by atoms with Crippen LogP contribution in [0.4, 0.5) is 0 Å². The number of nitrogens with zero attached hydrogens (tertiary/aromatic N) is 2. The van der Waals surface area contributed by atoms with E-state index in [4.69, 9.17) is 9.52 Å². The molecule has 1 unspecified atom stereocenters. The van der Waals surface area contributed by atoms with Gasteiger partial charge in [0, 0.05) is 12.5 Å². The topological polar surface area (TPSA) is 68.3 Å². The molecule has 0 spiro atoms. The molecule has 5 nitrogen and oxygen atoms in total. The van der Waals surface area contributed by atoms with Crippen molar-refractivity contribution in [2.75, 3.05) is 0 Å². The fourth-order valence-electron chi connectivity index (χ4n) is 2.46. The van der Waals surface area contributed by atoms with Gasteiger partial charge in [0.15, 0.2) is 0 Å². The average Bonchev–Trinajstić information content (AvgIpc) is 3.13. The lowest BCUT2D eigenvalue weighted by atomic mass is 10.1. The van der Waals surface area contributed by atoms with Crippen molar-refractivity contribution >= 4 is 17.0 Å². The number of carbonyl (C=O) groups is 1. The van der Waals surface area contributed by atoms with Crippen LogP contribution in [0, 0.1) is 0 Å². The van der Waals surface area contributed by atoms with Crippen LogP contribution in [0.1, 0.15) is 35.5 Å². The average molecular weight is 284 g/mol. The van der Waals surface area contributed by atoms with E-state index in [9.17, 15) is 4.79 Å². The minimum Gasteiger partial charge on any atom is -0.478 e. The molecule has 0 saturated heterocycles. The number of hydrogen-bond acceptors (Lipinski definition) is 3. The van der Waals surface area contributed by atoms with Crippen LogP contribution in [0.25, 0.3) is 11.0 Å². The van der Waals surface area contributed by atoms with Crippen LogP contribution < -0.4 is 0 Å². The van der Waals surface area contributed by atoms with E-state index in [1.807, 2.05) is 16.7 Å². The Bertz CT molecular complexity index is 759. The van der Waals surface area contributed by atoms with Gasteiger partial charge in [-0.25, -0.2) is 9.78 Å². The molecule has 0 radical (unpaired) electrons. The Balaban J connectivity index is 1.85. The molecule has 0 aliphatic rings. The summed E-state index contributed by atoms with van der Waals surface area (Å²) in [6.07, 6.45) is 5.18. The predicted octanol–water partition coefficient (Wildman–Crippen LogP) is 3.52. The zero-order valence-electron chi connectivity index (χ0n) is 11.7.